The number of benzene rings is 2. The molecule has 1 heterocycles. The van der Waals surface area contributed by atoms with Gasteiger partial charge < -0.3 is 4.74 Å². The van der Waals surface area contributed by atoms with Crippen molar-refractivity contribution in [3.8, 4) is 17.0 Å². The Bertz CT molecular complexity index is 934. The summed E-state index contributed by atoms with van der Waals surface area (Å²) >= 11 is 5.96. The second-order valence-electron chi connectivity index (χ2n) is 5.72. The van der Waals surface area contributed by atoms with Gasteiger partial charge in [0.2, 0.25) is 0 Å². The van der Waals surface area contributed by atoms with Crippen molar-refractivity contribution >= 4 is 23.3 Å². The standard InChI is InChI=1S/C19H18ClN3O2/c1-22-17(13-5-4-8-16(10-13)25-2)11-23(19(22)21)12-18(24)14-6-3-7-15(20)9-14/h3-11,21H,12H2,1-2H3/p+1. The van der Waals surface area contributed by atoms with E-state index in [0.29, 0.717) is 16.5 Å². The molecule has 0 unspecified atom stereocenters. The van der Waals surface area contributed by atoms with Crippen LogP contribution in [0.15, 0.2) is 54.7 Å². The maximum atomic E-state index is 12.5. The Hall–Kier alpha value is -2.79. The van der Waals surface area contributed by atoms with E-state index >= 15 is 0 Å². The first-order chi connectivity index (χ1) is 12.0. The molecule has 0 aliphatic rings. The molecule has 0 amide bonds. The zero-order valence-corrected chi connectivity index (χ0v) is 14.8. The molecule has 0 atom stereocenters. The van der Waals surface area contributed by atoms with Gasteiger partial charge >= 0.3 is 5.95 Å². The molecule has 0 aliphatic carbocycles. The number of nitrogens with two attached hydrogens (primary N) is 1. The number of imidazole rings is 1. The number of rotatable bonds is 5. The summed E-state index contributed by atoms with van der Waals surface area (Å²) in [6.07, 6.45) is 1.87. The van der Waals surface area contributed by atoms with Gasteiger partial charge in [0.25, 0.3) is 0 Å². The summed E-state index contributed by atoms with van der Waals surface area (Å²) in [6.45, 7) is 0.143. The number of ketones is 1. The Labute approximate surface area is 151 Å². The van der Waals surface area contributed by atoms with Crippen LogP contribution in [0, 0.1) is 0 Å². The number of Topliss-reactive ketones (excluding diaryl/α,β-unsaturated/α-hetero) is 1. The summed E-state index contributed by atoms with van der Waals surface area (Å²) in [5.41, 5.74) is 8.60. The number of methoxy groups -OCH3 is 1. The van der Waals surface area contributed by atoms with Gasteiger partial charge in [-0.3, -0.25) is 10.5 Å². The molecule has 6 heteroatoms. The molecule has 0 saturated heterocycles. The summed E-state index contributed by atoms with van der Waals surface area (Å²) in [5, 5.41) is 0.536. The average Bonchev–Trinajstić information content (AvgIpc) is 2.90. The number of carbonyl (C=O) groups is 1. The average molecular weight is 357 g/mol. The Morgan fingerprint density at radius 3 is 2.72 bits per heavy atom. The highest BCUT2D eigenvalue weighted by atomic mass is 35.5. The highest BCUT2D eigenvalue weighted by molar-refractivity contribution is 6.30. The van der Waals surface area contributed by atoms with Gasteiger partial charge in [-0.05, 0) is 24.3 Å². The molecule has 0 spiro atoms. The summed E-state index contributed by atoms with van der Waals surface area (Å²) in [6, 6.07) is 14.6. The minimum atomic E-state index is -0.0537. The van der Waals surface area contributed by atoms with Gasteiger partial charge in [-0.15, -0.1) is 0 Å². The number of nitrogens with zero attached hydrogens (tertiary/aromatic N) is 2. The molecule has 128 valence electrons. The van der Waals surface area contributed by atoms with Gasteiger partial charge in [0, 0.05) is 16.1 Å². The maximum Gasteiger partial charge on any atom is 0.355 e. The van der Waals surface area contributed by atoms with Crippen LogP contribution >= 0.6 is 11.6 Å². The van der Waals surface area contributed by atoms with E-state index in [0.717, 1.165) is 17.0 Å². The minimum absolute atomic E-state index is 0.0537. The number of ether oxygens (including phenoxy) is 1. The number of hydrogen-bond donors (Lipinski definition) is 1. The topological polar surface area (TPSA) is 61.1 Å². The number of carbonyl (C=O) groups excluding carboxylic acids is 1. The van der Waals surface area contributed by atoms with Gasteiger partial charge in [-0.25, -0.2) is 9.13 Å². The van der Waals surface area contributed by atoms with Gasteiger partial charge in [0.1, 0.15) is 24.2 Å². The van der Waals surface area contributed by atoms with E-state index in [1.54, 1.807) is 35.9 Å². The van der Waals surface area contributed by atoms with Gasteiger partial charge in [-0.2, -0.15) is 0 Å². The Morgan fingerprint density at radius 2 is 2.00 bits per heavy atom. The third kappa shape index (κ3) is 3.51. The van der Waals surface area contributed by atoms with E-state index < -0.39 is 0 Å². The zero-order valence-electron chi connectivity index (χ0n) is 14.1. The molecule has 5 nitrogen and oxygen atoms in total. The van der Waals surface area contributed by atoms with Crippen LogP contribution in [0.3, 0.4) is 0 Å². The highest BCUT2D eigenvalue weighted by Crippen LogP contribution is 2.24. The van der Waals surface area contributed by atoms with Crippen LogP contribution in [0.4, 0.5) is 5.95 Å². The number of anilines is 1. The van der Waals surface area contributed by atoms with Crippen LogP contribution in [0.25, 0.3) is 11.3 Å². The van der Waals surface area contributed by atoms with Gasteiger partial charge in [-0.1, -0.05) is 35.9 Å². The maximum absolute atomic E-state index is 12.5. The van der Waals surface area contributed by atoms with E-state index in [2.05, 4.69) is 0 Å². The van der Waals surface area contributed by atoms with Crippen molar-refractivity contribution in [2.75, 3.05) is 12.8 Å². The molecular formula is C19H19ClN3O2+. The van der Waals surface area contributed by atoms with Crippen molar-refractivity contribution in [2.45, 2.75) is 6.54 Å². The fourth-order valence-electron chi connectivity index (χ4n) is 2.70. The number of nitrogen functional groups attached to an aromatic ring is 1. The number of aromatic nitrogens is 2. The van der Waals surface area contributed by atoms with Crippen molar-refractivity contribution in [3.05, 3.63) is 65.3 Å². The van der Waals surface area contributed by atoms with Crippen molar-refractivity contribution in [1.82, 2.24) is 4.57 Å². The summed E-state index contributed by atoms with van der Waals surface area (Å²) in [4.78, 5) is 12.5. The van der Waals surface area contributed by atoms with Crippen molar-refractivity contribution in [1.29, 1.82) is 0 Å². The molecule has 0 radical (unpaired) electrons. The number of halogens is 1. The molecule has 0 bridgehead atoms. The van der Waals surface area contributed by atoms with Crippen molar-refractivity contribution < 1.29 is 14.1 Å². The molecule has 0 saturated carbocycles. The highest BCUT2D eigenvalue weighted by Gasteiger charge is 2.20. The molecule has 0 fully saturated rings. The lowest BCUT2D eigenvalue weighted by molar-refractivity contribution is -0.667. The van der Waals surface area contributed by atoms with Gasteiger partial charge in [0.15, 0.2) is 5.78 Å². The monoisotopic (exact) mass is 356 g/mol. The fraction of sp³-hybridized carbons (Fsp3) is 0.158. The van der Waals surface area contributed by atoms with E-state index in [4.69, 9.17) is 22.1 Å². The van der Waals surface area contributed by atoms with Crippen LogP contribution in [0.1, 0.15) is 10.4 Å². The fourth-order valence-corrected chi connectivity index (χ4v) is 2.89. The predicted octanol–water partition coefficient (Wildman–Crippen LogP) is 3.11. The molecule has 0 aliphatic heterocycles. The Morgan fingerprint density at radius 1 is 1.24 bits per heavy atom. The van der Waals surface area contributed by atoms with Gasteiger partial charge in [0.05, 0.1) is 14.2 Å². The molecular weight excluding hydrogens is 338 g/mol. The molecule has 3 aromatic rings. The zero-order chi connectivity index (χ0) is 18.0. The van der Waals surface area contributed by atoms with Crippen molar-refractivity contribution in [2.24, 2.45) is 7.05 Å². The lowest BCUT2D eigenvalue weighted by Gasteiger charge is -2.02. The first-order valence-corrected chi connectivity index (χ1v) is 8.15. The largest absolute Gasteiger partial charge is 0.497 e. The van der Waals surface area contributed by atoms with E-state index in [1.807, 2.05) is 42.1 Å². The Kier molecular flexibility index (Phi) is 4.76. The molecule has 2 N–H and O–H groups in total. The Balaban J connectivity index is 1.92. The minimum Gasteiger partial charge on any atom is -0.497 e. The third-order valence-corrected chi connectivity index (χ3v) is 4.34. The summed E-state index contributed by atoms with van der Waals surface area (Å²) in [5.74, 6) is 1.20. The van der Waals surface area contributed by atoms with Crippen LogP contribution in [0.5, 0.6) is 5.75 Å². The molecule has 1 aromatic heterocycles. The van der Waals surface area contributed by atoms with Crippen LogP contribution < -0.4 is 15.0 Å². The lowest BCUT2D eigenvalue weighted by atomic mass is 10.1. The molecule has 3 rings (SSSR count). The predicted molar refractivity (Wildman–Crippen MR) is 97.8 cm³/mol. The first kappa shape index (κ1) is 17.0. The lowest BCUT2D eigenvalue weighted by Crippen LogP contribution is -2.39. The van der Waals surface area contributed by atoms with Crippen LogP contribution in [-0.2, 0) is 13.6 Å². The third-order valence-electron chi connectivity index (χ3n) is 4.10. The quantitative estimate of drug-likeness (QED) is 0.564. The molecule has 25 heavy (non-hydrogen) atoms. The van der Waals surface area contributed by atoms with E-state index in [-0.39, 0.29) is 12.3 Å². The summed E-state index contributed by atoms with van der Waals surface area (Å²) in [7, 11) is 3.49. The van der Waals surface area contributed by atoms with E-state index in [9.17, 15) is 4.79 Å². The van der Waals surface area contributed by atoms with Crippen LogP contribution in [-0.4, -0.2) is 17.5 Å². The van der Waals surface area contributed by atoms with Crippen molar-refractivity contribution in [3.63, 3.8) is 0 Å². The molecule has 2 aromatic carbocycles. The van der Waals surface area contributed by atoms with Crippen LogP contribution in [0.2, 0.25) is 5.02 Å². The SMILES string of the molecule is COc1cccc(-c2c[n+](CC(=O)c3cccc(Cl)c3)c(N)n2C)c1. The second-order valence-corrected chi connectivity index (χ2v) is 6.16. The normalized spacial score (nSPS) is 10.7. The smallest absolute Gasteiger partial charge is 0.355 e. The second kappa shape index (κ2) is 6.99. The summed E-state index contributed by atoms with van der Waals surface area (Å²) < 4.78 is 8.85. The van der Waals surface area contributed by atoms with E-state index in [1.165, 1.54) is 0 Å². The number of hydrogen-bond acceptors (Lipinski definition) is 3. The first-order valence-electron chi connectivity index (χ1n) is 7.77.